The Labute approximate surface area is 169 Å². The summed E-state index contributed by atoms with van der Waals surface area (Å²) in [5.41, 5.74) is 1.50. The summed E-state index contributed by atoms with van der Waals surface area (Å²) in [4.78, 5) is 34.0. The zero-order valence-electron chi connectivity index (χ0n) is 16.4. The number of amides is 2. The van der Waals surface area contributed by atoms with E-state index in [0.29, 0.717) is 45.0 Å². The van der Waals surface area contributed by atoms with Crippen LogP contribution in [0.2, 0.25) is 0 Å². The first-order chi connectivity index (χ1) is 14.0. The summed E-state index contributed by atoms with van der Waals surface area (Å²) in [6.07, 6.45) is 2.50. The van der Waals surface area contributed by atoms with Crippen LogP contribution in [0.15, 0.2) is 42.6 Å². The lowest BCUT2D eigenvalue weighted by Gasteiger charge is -2.40. The largest absolute Gasteiger partial charge is 0.379 e. The highest BCUT2D eigenvalue weighted by Gasteiger charge is 2.47. The molecule has 152 valence electrons. The van der Waals surface area contributed by atoms with Gasteiger partial charge in [0.1, 0.15) is 11.5 Å². The average molecular weight is 397 g/mol. The van der Waals surface area contributed by atoms with Gasteiger partial charge in [0.25, 0.3) is 5.91 Å². The molecule has 1 spiro atoms. The summed E-state index contributed by atoms with van der Waals surface area (Å²) in [6, 6.07) is 9.84. The van der Waals surface area contributed by atoms with Crippen molar-refractivity contribution >= 4 is 11.8 Å². The molecule has 7 heteroatoms. The first kappa shape index (κ1) is 19.5. The number of ether oxygens (including phenoxy) is 1. The zero-order valence-corrected chi connectivity index (χ0v) is 16.4. The van der Waals surface area contributed by atoms with Crippen molar-refractivity contribution in [3.05, 3.63) is 65.2 Å². The standard InChI is InChI=1S/C22H24FN3O3/c1-16-3-2-10-24-20(16)21(28)25-11-8-19(27)26(22(14-25)9-12-29-15-22)13-17-4-6-18(23)7-5-17/h2-7,10H,8-9,11-15H2,1H3. The lowest BCUT2D eigenvalue weighted by atomic mass is 9.94. The first-order valence-corrected chi connectivity index (χ1v) is 9.82. The van der Waals surface area contributed by atoms with E-state index in [9.17, 15) is 14.0 Å². The quantitative estimate of drug-likeness (QED) is 0.799. The molecule has 4 rings (SSSR count). The normalized spacial score (nSPS) is 22.2. The minimum Gasteiger partial charge on any atom is -0.379 e. The number of carbonyl (C=O) groups excluding carboxylic acids is 2. The molecule has 1 aromatic carbocycles. The Hall–Kier alpha value is -2.80. The number of carbonyl (C=O) groups is 2. The molecule has 0 bridgehead atoms. The molecule has 1 unspecified atom stereocenters. The number of halogens is 1. The van der Waals surface area contributed by atoms with Gasteiger partial charge in [0.2, 0.25) is 5.91 Å². The van der Waals surface area contributed by atoms with Crippen molar-refractivity contribution in [1.82, 2.24) is 14.8 Å². The molecule has 29 heavy (non-hydrogen) atoms. The summed E-state index contributed by atoms with van der Waals surface area (Å²) >= 11 is 0. The molecule has 1 atom stereocenters. The van der Waals surface area contributed by atoms with Gasteiger partial charge in [0.05, 0.1) is 12.1 Å². The van der Waals surface area contributed by atoms with E-state index in [1.807, 2.05) is 17.9 Å². The van der Waals surface area contributed by atoms with Gasteiger partial charge < -0.3 is 14.5 Å². The maximum Gasteiger partial charge on any atom is 0.272 e. The molecule has 3 heterocycles. The zero-order chi connectivity index (χ0) is 20.4. The predicted octanol–water partition coefficient (Wildman–Crippen LogP) is 2.56. The van der Waals surface area contributed by atoms with Crippen LogP contribution in [-0.4, -0.2) is 58.4 Å². The van der Waals surface area contributed by atoms with E-state index in [4.69, 9.17) is 4.74 Å². The molecule has 0 N–H and O–H groups in total. The Kier molecular flexibility index (Phi) is 5.32. The fourth-order valence-electron chi connectivity index (χ4n) is 4.14. The maximum atomic E-state index is 13.3. The number of nitrogens with zero attached hydrogens (tertiary/aromatic N) is 3. The summed E-state index contributed by atoms with van der Waals surface area (Å²) in [5, 5.41) is 0. The van der Waals surface area contributed by atoms with Crippen LogP contribution in [0.3, 0.4) is 0 Å². The molecule has 2 aliphatic heterocycles. The monoisotopic (exact) mass is 397 g/mol. The van der Waals surface area contributed by atoms with Gasteiger partial charge in [-0.15, -0.1) is 0 Å². The van der Waals surface area contributed by atoms with Crippen LogP contribution in [0.1, 0.15) is 34.5 Å². The smallest absolute Gasteiger partial charge is 0.272 e. The number of pyridine rings is 1. The van der Waals surface area contributed by atoms with Gasteiger partial charge in [-0.3, -0.25) is 14.6 Å². The van der Waals surface area contributed by atoms with Crippen molar-refractivity contribution in [2.45, 2.75) is 31.8 Å². The van der Waals surface area contributed by atoms with Crippen LogP contribution >= 0.6 is 0 Å². The fourth-order valence-corrected chi connectivity index (χ4v) is 4.14. The lowest BCUT2D eigenvalue weighted by molar-refractivity contribution is -0.137. The second-order valence-electron chi connectivity index (χ2n) is 7.78. The van der Waals surface area contributed by atoms with Gasteiger partial charge in [-0.2, -0.15) is 0 Å². The second kappa shape index (κ2) is 7.91. The average Bonchev–Trinajstić information content (AvgIpc) is 3.14. The minimum absolute atomic E-state index is 0.0205. The molecular weight excluding hydrogens is 373 g/mol. The predicted molar refractivity (Wildman–Crippen MR) is 105 cm³/mol. The molecule has 1 aromatic heterocycles. The Morgan fingerprint density at radius 1 is 1.28 bits per heavy atom. The van der Waals surface area contributed by atoms with Crippen LogP contribution in [-0.2, 0) is 16.1 Å². The molecule has 2 aromatic rings. The Morgan fingerprint density at radius 3 is 2.76 bits per heavy atom. The van der Waals surface area contributed by atoms with E-state index in [-0.39, 0.29) is 24.1 Å². The number of hydrogen-bond donors (Lipinski definition) is 0. The molecule has 0 radical (unpaired) electrons. The van der Waals surface area contributed by atoms with E-state index in [2.05, 4.69) is 4.98 Å². The van der Waals surface area contributed by atoms with Crippen LogP contribution < -0.4 is 0 Å². The minimum atomic E-state index is -0.583. The molecule has 2 fully saturated rings. The summed E-state index contributed by atoms with van der Waals surface area (Å²) < 4.78 is 19.0. The Bertz CT molecular complexity index is 910. The number of aromatic nitrogens is 1. The first-order valence-electron chi connectivity index (χ1n) is 9.82. The molecule has 2 saturated heterocycles. The van der Waals surface area contributed by atoms with Gasteiger partial charge in [-0.25, -0.2) is 4.39 Å². The number of aryl methyl sites for hydroxylation is 1. The van der Waals surface area contributed by atoms with Crippen molar-refractivity contribution in [2.24, 2.45) is 0 Å². The van der Waals surface area contributed by atoms with E-state index < -0.39 is 5.54 Å². The van der Waals surface area contributed by atoms with Crippen molar-refractivity contribution in [3.63, 3.8) is 0 Å². The summed E-state index contributed by atoms with van der Waals surface area (Å²) in [5.74, 6) is -0.490. The van der Waals surface area contributed by atoms with Crippen molar-refractivity contribution in [1.29, 1.82) is 0 Å². The summed E-state index contributed by atoms with van der Waals surface area (Å²) in [6.45, 7) is 3.89. The third-order valence-corrected chi connectivity index (χ3v) is 5.79. The third-order valence-electron chi connectivity index (χ3n) is 5.79. The molecule has 6 nitrogen and oxygen atoms in total. The van der Waals surface area contributed by atoms with Crippen molar-refractivity contribution < 1.29 is 18.7 Å². The Morgan fingerprint density at radius 2 is 2.07 bits per heavy atom. The van der Waals surface area contributed by atoms with Gasteiger partial charge in [-0.05, 0) is 42.7 Å². The van der Waals surface area contributed by atoms with Crippen LogP contribution in [0.25, 0.3) is 0 Å². The number of hydrogen-bond acceptors (Lipinski definition) is 4. The Balaban J connectivity index is 1.63. The van der Waals surface area contributed by atoms with Crippen LogP contribution in [0.4, 0.5) is 4.39 Å². The van der Waals surface area contributed by atoms with Crippen molar-refractivity contribution in [2.75, 3.05) is 26.3 Å². The van der Waals surface area contributed by atoms with E-state index in [1.165, 1.54) is 12.1 Å². The highest BCUT2D eigenvalue weighted by atomic mass is 19.1. The molecule has 0 aliphatic carbocycles. The van der Waals surface area contributed by atoms with Gasteiger partial charge in [-0.1, -0.05) is 18.2 Å². The fraction of sp³-hybridized carbons (Fsp3) is 0.409. The summed E-state index contributed by atoms with van der Waals surface area (Å²) in [7, 11) is 0. The second-order valence-corrected chi connectivity index (χ2v) is 7.78. The third kappa shape index (κ3) is 3.87. The lowest BCUT2D eigenvalue weighted by Crippen LogP contribution is -2.56. The molecule has 0 saturated carbocycles. The number of benzene rings is 1. The molecule has 2 aliphatic rings. The van der Waals surface area contributed by atoms with E-state index in [0.717, 1.165) is 11.1 Å². The highest BCUT2D eigenvalue weighted by molar-refractivity contribution is 5.94. The van der Waals surface area contributed by atoms with Gasteiger partial charge in [0, 0.05) is 38.9 Å². The van der Waals surface area contributed by atoms with Crippen LogP contribution in [0.5, 0.6) is 0 Å². The molecular formula is C22H24FN3O3. The van der Waals surface area contributed by atoms with E-state index in [1.54, 1.807) is 29.3 Å². The van der Waals surface area contributed by atoms with Crippen LogP contribution in [0, 0.1) is 12.7 Å². The van der Waals surface area contributed by atoms with E-state index >= 15 is 0 Å². The maximum absolute atomic E-state index is 13.3. The molecule has 2 amide bonds. The topological polar surface area (TPSA) is 62.7 Å². The number of rotatable bonds is 3. The van der Waals surface area contributed by atoms with Gasteiger partial charge in [0.15, 0.2) is 0 Å². The highest BCUT2D eigenvalue weighted by Crippen LogP contribution is 2.32. The SMILES string of the molecule is Cc1cccnc1C(=O)N1CCC(=O)N(Cc2ccc(F)cc2)C2(CCOC2)C1. The van der Waals surface area contributed by atoms with Gasteiger partial charge >= 0.3 is 0 Å². The van der Waals surface area contributed by atoms with Crippen molar-refractivity contribution in [3.8, 4) is 0 Å².